The van der Waals surface area contributed by atoms with E-state index < -0.39 is 16.3 Å². The second kappa shape index (κ2) is 7.52. The molecule has 1 aromatic rings. The number of carbonyl (C=O) groups excluding carboxylic acids is 1. The molecule has 21 heavy (non-hydrogen) atoms. The lowest BCUT2D eigenvalue weighted by Crippen LogP contribution is -2.35. The maximum Gasteiger partial charge on any atom is 0.422 e. The highest BCUT2D eigenvalue weighted by Crippen LogP contribution is 2.17. The average molecular weight is 311 g/mol. The molecule has 0 radical (unpaired) electrons. The minimum absolute atomic E-state index is 0.0685. The van der Waals surface area contributed by atoms with Gasteiger partial charge in [-0.25, -0.2) is 9.52 Å². The molecule has 4 N–H and O–H groups in total. The first kappa shape index (κ1) is 16.8. The monoisotopic (exact) mass is 311 g/mol. The molecule has 0 unspecified atom stereocenters. The molecule has 114 valence electrons. The number of hydrogen-bond acceptors (Lipinski definition) is 5. The van der Waals surface area contributed by atoms with Gasteiger partial charge in [0.2, 0.25) is 0 Å². The summed E-state index contributed by atoms with van der Waals surface area (Å²) in [6.07, 6.45) is -1.05. The van der Waals surface area contributed by atoms with Crippen molar-refractivity contribution in [1.82, 2.24) is 4.72 Å². The molecular formula is C13H17N3O4S. The smallest absolute Gasteiger partial charge is 0.422 e. The molecule has 0 heterocycles. The first-order valence-corrected chi connectivity index (χ1v) is 7.63. The minimum Gasteiger partial charge on any atom is -0.449 e. The van der Waals surface area contributed by atoms with Gasteiger partial charge in [-0.15, -0.1) is 0 Å². The van der Waals surface area contributed by atoms with Gasteiger partial charge in [-0.05, 0) is 31.5 Å². The number of hydrogen-bond donors (Lipinski definition) is 3. The zero-order valence-electron chi connectivity index (χ0n) is 11.8. The van der Waals surface area contributed by atoms with E-state index in [9.17, 15) is 13.2 Å². The maximum absolute atomic E-state index is 11.8. The summed E-state index contributed by atoms with van der Waals surface area (Å²) in [6.45, 7) is 3.59. The number of amides is 1. The van der Waals surface area contributed by atoms with Crippen molar-refractivity contribution in [2.24, 2.45) is 5.73 Å². The van der Waals surface area contributed by atoms with Crippen LogP contribution >= 0.6 is 0 Å². The molecule has 1 amide bonds. The van der Waals surface area contributed by atoms with Crippen molar-refractivity contribution in [2.45, 2.75) is 13.8 Å². The molecule has 0 saturated carbocycles. The average Bonchev–Trinajstić information content (AvgIpc) is 2.36. The topological polar surface area (TPSA) is 111 Å². The second-order valence-electron chi connectivity index (χ2n) is 3.98. The first-order valence-electron chi connectivity index (χ1n) is 6.15. The van der Waals surface area contributed by atoms with Crippen LogP contribution in [0.15, 0.2) is 18.2 Å². The molecule has 0 aliphatic rings. The Morgan fingerprint density at radius 2 is 2.14 bits per heavy atom. The van der Waals surface area contributed by atoms with Crippen LogP contribution in [-0.4, -0.2) is 27.7 Å². The highest BCUT2D eigenvalue weighted by Gasteiger charge is 2.16. The van der Waals surface area contributed by atoms with Crippen LogP contribution < -0.4 is 15.2 Å². The molecule has 0 saturated heterocycles. The Balaban J connectivity index is 3.00. The van der Waals surface area contributed by atoms with E-state index in [4.69, 9.17) is 5.73 Å². The predicted molar refractivity (Wildman–Crippen MR) is 79.8 cm³/mol. The number of anilines is 1. The van der Waals surface area contributed by atoms with E-state index in [1.54, 1.807) is 36.8 Å². The summed E-state index contributed by atoms with van der Waals surface area (Å²) in [6, 6.07) is 5.06. The van der Waals surface area contributed by atoms with Crippen molar-refractivity contribution in [3.8, 4) is 11.8 Å². The van der Waals surface area contributed by atoms with Crippen LogP contribution in [0.4, 0.5) is 10.5 Å². The van der Waals surface area contributed by atoms with Crippen molar-refractivity contribution in [3.63, 3.8) is 0 Å². The third kappa shape index (κ3) is 5.72. The van der Waals surface area contributed by atoms with E-state index in [0.717, 1.165) is 5.56 Å². The minimum atomic E-state index is -4.09. The third-order valence-corrected chi connectivity index (χ3v) is 3.16. The normalized spacial score (nSPS) is 10.2. The van der Waals surface area contributed by atoms with E-state index in [-0.39, 0.29) is 18.8 Å². The van der Waals surface area contributed by atoms with Gasteiger partial charge >= 0.3 is 16.3 Å². The van der Waals surface area contributed by atoms with Crippen LogP contribution in [0, 0.1) is 18.8 Å². The molecule has 0 bridgehead atoms. The van der Waals surface area contributed by atoms with Gasteiger partial charge in [0.1, 0.15) is 0 Å². The summed E-state index contributed by atoms with van der Waals surface area (Å²) in [7, 11) is -4.09. The summed E-state index contributed by atoms with van der Waals surface area (Å²) in [5, 5.41) is 0. The highest BCUT2D eigenvalue weighted by atomic mass is 32.2. The Morgan fingerprint density at radius 3 is 2.76 bits per heavy atom. The molecule has 0 fully saturated rings. The predicted octanol–water partition coefficient (Wildman–Crippen LogP) is 0.708. The Labute approximate surface area is 124 Å². The van der Waals surface area contributed by atoms with Gasteiger partial charge in [-0.1, -0.05) is 17.9 Å². The largest absolute Gasteiger partial charge is 0.449 e. The van der Waals surface area contributed by atoms with Crippen molar-refractivity contribution < 1.29 is 17.9 Å². The molecule has 1 rings (SSSR count). The van der Waals surface area contributed by atoms with Crippen LogP contribution in [0.1, 0.15) is 18.1 Å². The fourth-order valence-corrected chi connectivity index (χ4v) is 2.23. The zero-order valence-corrected chi connectivity index (χ0v) is 12.6. The number of ether oxygens (including phenoxy) is 1. The van der Waals surface area contributed by atoms with Crippen LogP contribution in [0.25, 0.3) is 0 Å². The van der Waals surface area contributed by atoms with Gasteiger partial charge in [0.15, 0.2) is 0 Å². The molecule has 0 spiro atoms. The molecule has 8 heteroatoms. The number of carbonyl (C=O) groups is 1. The van der Waals surface area contributed by atoms with Gasteiger partial charge in [0.25, 0.3) is 0 Å². The lowest BCUT2D eigenvalue weighted by atomic mass is 10.1. The maximum atomic E-state index is 11.8. The summed E-state index contributed by atoms with van der Waals surface area (Å²) in [5.41, 5.74) is 6.85. The van der Waals surface area contributed by atoms with Crippen molar-refractivity contribution in [2.75, 3.05) is 17.9 Å². The Kier molecular flexibility index (Phi) is 6.02. The number of nitrogens with one attached hydrogen (secondary N) is 2. The molecule has 7 nitrogen and oxygen atoms in total. The van der Waals surface area contributed by atoms with Crippen LogP contribution in [0.2, 0.25) is 0 Å². The van der Waals surface area contributed by atoms with Crippen molar-refractivity contribution in [3.05, 3.63) is 29.3 Å². The number of rotatable bonds is 4. The van der Waals surface area contributed by atoms with E-state index >= 15 is 0 Å². The quantitative estimate of drug-likeness (QED) is 0.709. The van der Waals surface area contributed by atoms with Gasteiger partial charge in [0.05, 0.1) is 18.8 Å². The number of nitrogens with two attached hydrogens (primary N) is 1. The van der Waals surface area contributed by atoms with Gasteiger partial charge in [0, 0.05) is 5.56 Å². The van der Waals surface area contributed by atoms with Crippen molar-refractivity contribution >= 4 is 22.0 Å². The van der Waals surface area contributed by atoms with E-state index in [1.807, 2.05) is 0 Å². The molecule has 0 aromatic heterocycles. The SMILES string of the molecule is CCOC(=O)NS(=O)(=O)Nc1cc(C)ccc1C#CCN. The van der Waals surface area contributed by atoms with E-state index in [2.05, 4.69) is 21.3 Å². The number of aryl methyl sites for hydroxylation is 1. The lowest BCUT2D eigenvalue weighted by molar-refractivity contribution is 0.159. The Morgan fingerprint density at radius 1 is 1.43 bits per heavy atom. The lowest BCUT2D eigenvalue weighted by Gasteiger charge is -2.11. The Bertz CT molecular complexity index is 674. The third-order valence-electron chi connectivity index (χ3n) is 2.24. The fourth-order valence-electron chi connectivity index (χ4n) is 1.44. The Hall–Kier alpha value is -2.24. The van der Waals surface area contributed by atoms with Crippen LogP contribution in [0.3, 0.4) is 0 Å². The summed E-state index contributed by atoms with van der Waals surface area (Å²) < 4.78 is 32.2. The molecule has 0 aliphatic carbocycles. The number of benzene rings is 1. The summed E-state index contributed by atoms with van der Waals surface area (Å²) in [5.74, 6) is 5.40. The zero-order chi connectivity index (χ0) is 15.9. The molecule has 0 aliphatic heterocycles. The fraction of sp³-hybridized carbons (Fsp3) is 0.308. The van der Waals surface area contributed by atoms with Gasteiger partial charge in [-0.2, -0.15) is 8.42 Å². The summed E-state index contributed by atoms with van der Waals surface area (Å²) in [4.78, 5) is 11.2. The first-order chi connectivity index (χ1) is 9.88. The summed E-state index contributed by atoms with van der Waals surface area (Å²) >= 11 is 0. The second-order valence-corrected chi connectivity index (χ2v) is 5.40. The van der Waals surface area contributed by atoms with Gasteiger partial charge < -0.3 is 10.5 Å². The molecular weight excluding hydrogens is 294 g/mol. The standard InChI is InChI=1S/C13H17N3O4S/c1-3-20-13(17)16-21(18,19)15-12-9-10(2)6-7-11(12)5-4-8-14/h6-7,9,15H,3,8,14H2,1-2H3,(H,16,17). The van der Waals surface area contributed by atoms with Gasteiger partial charge in [-0.3, -0.25) is 4.72 Å². The van der Waals surface area contributed by atoms with Crippen molar-refractivity contribution in [1.29, 1.82) is 0 Å². The van der Waals surface area contributed by atoms with E-state index in [0.29, 0.717) is 5.56 Å². The molecule has 0 atom stereocenters. The van der Waals surface area contributed by atoms with Crippen LogP contribution in [-0.2, 0) is 14.9 Å². The molecule has 1 aromatic carbocycles. The van der Waals surface area contributed by atoms with E-state index in [1.165, 1.54) is 0 Å². The van der Waals surface area contributed by atoms with Crippen LogP contribution in [0.5, 0.6) is 0 Å². The highest BCUT2D eigenvalue weighted by molar-refractivity contribution is 7.91.